The van der Waals surface area contributed by atoms with Gasteiger partial charge in [0.2, 0.25) is 5.91 Å². The van der Waals surface area contributed by atoms with Crippen molar-refractivity contribution >= 4 is 17.5 Å². The van der Waals surface area contributed by atoms with Gasteiger partial charge in [0, 0.05) is 6.42 Å². The molecule has 0 radical (unpaired) electrons. The Morgan fingerprint density at radius 3 is 3.06 bits per heavy atom. The molecule has 1 aromatic carbocycles. The fraction of sp³-hybridized carbons (Fsp3) is 0.364. The van der Waals surface area contributed by atoms with Crippen LogP contribution in [0, 0.1) is 5.82 Å². The molecule has 0 spiro atoms. The van der Waals surface area contributed by atoms with Crippen LogP contribution >= 0.6 is 11.6 Å². The third-order valence-electron chi connectivity index (χ3n) is 2.73. The molecule has 3 nitrogen and oxygen atoms in total. The minimum Gasteiger partial charge on any atom is -0.390 e. The number of hydrogen-bond acceptors (Lipinski definition) is 2. The second-order valence-corrected chi connectivity index (χ2v) is 4.03. The largest absolute Gasteiger partial charge is 0.390 e. The van der Waals surface area contributed by atoms with Crippen LogP contribution in [0.25, 0.3) is 0 Å². The number of aliphatic hydroxyl groups excluding tert-OH is 1. The highest BCUT2D eigenvalue weighted by molar-refractivity contribution is 6.27. The van der Waals surface area contributed by atoms with Crippen molar-refractivity contribution in [3.8, 4) is 0 Å². The van der Waals surface area contributed by atoms with E-state index in [0.717, 1.165) is 0 Å². The first kappa shape index (κ1) is 11.4. The normalized spacial score (nSPS) is 22.9. The fourth-order valence-electron chi connectivity index (χ4n) is 2.00. The Hall–Kier alpha value is -1.13. The van der Waals surface area contributed by atoms with E-state index in [2.05, 4.69) is 5.32 Å². The lowest BCUT2D eigenvalue weighted by atomic mass is 10.1. The summed E-state index contributed by atoms with van der Waals surface area (Å²) in [5.41, 5.74) is 1.10. The lowest BCUT2D eigenvalue weighted by molar-refractivity contribution is -0.120. The summed E-state index contributed by atoms with van der Waals surface area (Å²) in [5, 5.41) is 12.3. The zero-order valence-corrected chi connectivity index (χ0v) is 9.17. The molecule has 0 heterocycles. The Kier molecular flexibility index (Phi) is 3.12. The van der Waals surface area contributed by atoms with E-state index in [-0.39, 0.29) is 24.0 Å². The summed E-state index contributed by atoms with van der Waals surface area (Å²) in [6.07, 6.45) is -0.575. The molecular weight excluding hydrogens is 233 g/mol. The average molecular weight is 244 g/mol. The van der Waals surface area contributed by atoms with E-state index in [0.29, 0.717) is 11.1 Å². The third kappa shape index (κ3) is 1.90. The van der Waals surface area contributed by atoms with Crippen molar-refractivity contribution in [1.82, 2.24) is 5.32 Å². The monoisotopic (exact) mass is 243 g/mol. The van der Waals surface area contributed by atoms with E-state index in [1.165, 1.54) is 6.07 Å². The van der Waals surface area contributed by atoms with Crippen molar-refractivity contribution < 1.29 is 14.3 Å². The minimum atomic E-state index is -0.793. The van der Waals surface area contributed by atoms with Crippen molar-refractivity contribution in [2.75, 3.05) is 5.88 Å². The Balaban J connectivity index is 2.29. The molecule has 1 aliphatic rings. The van der Waals surface area contributed by atoms with Gasteiger partial charge < -0.3 is 10.4 Å². The summed E-state index contributed by atoms with van der Waals surface area (Å²) < 4.78 is 13.4. The molecule has 2 N–H and O–H groups in total. The van der Waals surface area contributed by atoms with Crippen molar-refractivity contribution in [2.24, 2.45) is 0 Å². The minimum absolute atomic E-state index is 0.173. The SMILES string of the molecule is O=C(CCl)NC1c2cccc(F)c2CC1O. The molecule has 1 aromatic rings. The second kappa shape index (κ2) is 4.39. The highest BCUT2D eigenvalue weighted by Gasteiger charge is 2.33. The molecule has 2 unspecified atom stereocenters. The summed E-state index contributed by atoms with van der Waals surface area (Å²) in [4.78, 5) is 11.2. The molecule has 0 bridgehead atoms. The molecule has 86 valence electrons. The Labute approximate surface area is 97.2 Å². The molecule has 0 aliphatic heterocycles. The molecule has 1 aliphatic carbocycles. The Morgan fingerprint density at radius 1 is 1.62 bits per heavy atom. The number of hydrogen-bond donors (Lipinski definition) is 2. The number of rotatable bonds is 2. The molecule has 5 heteroatoms. The van der Waals surface area contributed by atoms with Crippen molar-refractivity contribution in [1.29, 1.82) is 0 Å². The average Bonchev–Trinajstić information content (AvgIpc) is 2.58. The number of amides is 1. The lowest BCUT2D eigenvalue weighted by Crippen LogP contribution is -2.34. The number of fused-ring (bicyclic) bond motifs is 1. The van der Waals surface area contributed by atoms with Gasteiger partial charge in [-0.25, -0.2) is 4.39 Å². The standard InChI is InChI=1S/C11H11ClFNO2/c12-5-10(16)14-11-6-2-1-3-8(13)7(6)4-9(11)15/h1-3,9,11,15H,4-5H2,(H,14,16). The number of halogens is 2. The molecule has 0 fully saturated rings. The predicted octanol–water partition coefficient (Wildman–Crippen LogP) is 1.14. The van der Waals surface area contributed by atoms with Crippen LogP contribution in [-0.2, 0) is 11.2 Å². The molecule has 16 heavy (non-hydrogen) atoms. The van der Waals surface area contributed by atoms with Gasteiger partial charge in [-0.1, -0.05) is 12.1 Å². The summed E-state index contributed by atoms with van der Waals surface area (Å²) in [7, 11) is 0. The number of carbonyl (C=O) groups is 1. The quantitative estimate of drug-likeness (QED) is 0.766. The Bertz CT molecular complexity index is 424. The Morgan fingerprint density at radius 2 is 2.38 bits per heavy atom. The smallest absolute Gasteiger partial charge is 0.235 e. The van der Waals surface area contributed by atoms with E-state index in [1.807, 2.05) is 0 Å². The highest BCUT2D eigenvalue weighted by atomic mass is 35.5. The first-order valence-electron chi connectivity index (χ1n) is 4.94. The maximum absolute atomic E-state index is 13.4. The predicted molar refractivity (Wildman–Crippen MR) is 57.7 cm³/mol. The third-order valence-corrected chi connectivity index (χ3v) is 2.97. The topological polar surface area (TPSA) is 49.3 Å². The number of benzene rings is 1. The first-order chi connectivity index (χ1) is 7.63. The summed E-state index contributed by atoms with van der Waals surface area (Å²) >= 11 is 5.37. The highest BCUT2D eigenvalue weighted by Crippen LogP contribution is 2.32. The molecule has 1 amide bonds. The van der Waals surface area contributed by atoms with Crippen molar-refractivity contribution in [3.63, 3.8) is 0 Å². The molecule has 2 rings (SSSR count). The number of alkyl halides is 1. The van der Waals surface area contributed by atoms with Gasteiger partial charge in [-0.2, -0.15) is 0 Å². The van der Waals surface area contributed by atoms with Crippen LogP contribution in [0.3, 0.4) is 0 Å². The van der Waals surface area contributed by atoms with Gasteiger partial charge in [-0.3, -0.25) is 4.79 Å². The van der Waals surface area contributed by atoms with Gasteiger partial charge >= 0.3 is 0 Å². The number of carbonyl (C=O) groups excluding carboxylic acids is 1. The van der Waals surface area contributed by atoms with E-state index in [9.17, 15) is 14.3 Å². The zero-order chi connectivity index (χ0) is 11.7. The summed E-state index contributed by atoms with van der Waals surface area (Å²) in [5.74, 6) is -0.893. The summed E-state index contributed by atoms with van der Waals surface area (Å²) in [6.45, 7) is 0. The van der Waals surface area contributed by atoms with E-state index < -0.39 is 12.1 Å². The van der Waals surface area contributed by atoms with Crippen LogP contribution in [-0.4, -0.2) is 23.0 Å². The van der Waals surface area contributed by atoms with Crippen molar-refractivity contribution in [2.45, 2.75) is 18.6 Å². The molecule has 0 aromatic heterocycles. The van der Waals surface area contributed by atoms with Crippen LogP contribution in [0.15, 0.2) is 18.2 Å². The molecular formula is C11H11ClFNO2. The number of nitrogens with one attached hydrogen (secondary N) is 1. The van der Waals surface area contributed by atoms with Gasteiger partial charge in [0.25, 0.3) is 0 Å². The van der Waals surface area contributed by atoms with Gasteiger partial charge in [0.05, 0.1) is 12.1 Å². The molecule has 2 atom stereocenters. The van der Waals surface area contributed by atoms with E-state index in [4.69, 9.17) is 11.6 Å². The van der Waals surface area contributed by atoms with Gasteiger partial charge in [0.1, 0.15) is 11.7 Å². The number of aliphatic hydroxyl groups is 1. The van der Waals surface area contributed by atoms with Crippen LogP contribution < -0.4 is 5.32 Å². The second-order valence-electron chi connectivity index (χ2n) is 3.76. The fourth-order valence-corrected chi connectivity index (χ4v) is 2.08. The van der Waals surface area contributed by atoms with Crippen LogP contribution in [0.4, 0.5) is 4.39 Å². The zero-order valence-electron chi connectivity index (χ0n) is 8.41. The van der Waals surface area contributed by atoms with Crippen LogP contribution in [0.1, 0.15) is 17.2 Å². The maximum Gasteiger partial charge on any atom is 0.235 e. The molecule has 0 saturated heterocycles. The van der Waals surface area contributed by atoms with E-state index in [1.54, 1.807) is 12.1 Å². The van der Waals surface area contributed by atoms with Gasteiger partial charge in [-0.05, 0) is 17.2 Å². The van der Waals surface area contributed by atoms with Gasteiger partial charge in [-0.15, -0.1) is 11.6 Å². The maximum atomic E-state index is 13.4. The van der Waals surface area contributed by atoms with E-state index >= 15 is 0 Å². The van der Waals surface area contributed by atoms with Crippen LogP contribution in [0.5, 0.6) is 0 Å². The van der Waals surface area contributed by atoms with Gasteiger partial charge in [0.15, 0.2) is 0 Å². The first-order valence-corrected chi connectivity index (χ1v) is 5.47. The molecule has 0 saturated carbocycles. The van der Waals surface area contributed by atoms with Crippen molar-refractivity contribution in [3.05, 3.63) is 35.1 Å². The lowest BCUT2D eigenvalue weighted by Gasteiger charge is -2.16. The van der Waals surface area contributed by atoms with Crippen LogP contribution in [0.2, 0.25) is 0 Å². The summed E-state index contributed by atoms with van der Waals surface area (Å²) in [6, 6.07) is 4.05.